The van der Waals surface area contributed by atoms with Gasteiger partial charge in [0.2, 0.25) is 10.0 Å². The molecule has 0 aliphatic rings. The highest BCUT2D eigenvalue weighted by Crippen LogP contribution is 2.25. The van der Waals surface area contributed by atoms with Gasteiger partial charge in [0.05, 0.1) is 0 Å². The van der Waals surface area contributed by atoms with E-state index in [1.54, 1.807) is 6.92 Å². The van der Waals surface area contributed by atoms with E-state index in [1.165, 1.54) is 18.2 Å². The zero-order valence-corrected chi connectivity index (χ0v) is 13.3. The Morgan fingerprint density at radius 2 is 1.57 bits per heavy atom. The first-order chi connectivity index (χ1) is 11.0. The molecular weight excluding hydrogens is 313 g/mol. The fraction of sp³-hybridized carbons (Fsp3) is 0.111. The van der Waals surface area contributed by atoms with Crippen molar-refractivity contribution in [3.63, 3.8) is 0 Å². The van der Waals surface area contributed by atoms with Gasteiger partial charge in [0, 0.05) is 6.04 Å². The molecule has 0 aliphatic heterocycles. The van der Waals surface area contributed by atoms with E-state index in [0.29, 0.717) is 0 Å². The summed E-state index contributed by atoms with van der Waals surface area (Å²) in [6.07, 6.45) is 0. The number of hydrogen-bond donors (Lipinski definition) is 1. The minimum Gasteiger partial charge on any atom is -0.207 e. The van der Waals surface area contributed by atoms with Crippen molar-refractivity contribution in [3.8, 4) is 0 Å². The first-order valence-electron chi connectivity index (χ1n) is 7.23. The molecule has 0 aromatic heterocycles. The third kappa shape index (κ3) is 3.11. The second-order valence-electron chi connectivity index (χ2n) is 5.34. The summed E-state index contributed by atoms with van der Waals surface area (Å²) in [5.41, 5.74) is 0.850. The maximum Gasteiger partial charge on any atom is 0.244 e. The normalized spacial score (nSPS) is 13.1. The Morgan fingerprint density at radius 3 is 2.35 bits per heavy atom. The molecule has 0 saturated carbocycles. The molecule has 1 atom stereocenters. The van der Waals surface area contributed by atoms with E-state index in [9.17, 15) is 12.8 Å². The Hall–Kier alpha value is -2.24. The van der Waals surface area contributed by atoms with E-state index in [-0.39, 0.29) is 4.90 Å². The first kappa shape index (κ1) is 15.6. The molecule has 0 aliphatic carbocycles. The highest BCUT2D eigenvalue weighted by atomic mass is 32.2. The Bertz CT molecular complexity index is 949. The number of nitrogens with one attached hydrogen (secondary N) is 1. The highest BCUT2D eigenvalue weighted by molar-refractivity contribution is 7.89. The molecule has 0 heterocycles. The average Bonchev–Trinajstić information content (AvgIpc) is 2.54. The fourth-order valence-corrected chi connectivity index (χ4v) is 3.95. The van der Waals surface area contributed by atoms with E-state index < -0.39 is 21.9 Å². The maximum atomic E-state index is 13.8. The molecule has 3 aromatic carbocycles. The van der Waals surface area contributed by atoms with Crippen molar-refractivity contribution in [1.29, 1.82) is 0 Å². The minimum atomic E-state index is -3.93. The van der Waals surface area contributed by atoms with Crippen LogP contribution in [0.4, 0.5) is 4.39 Å². The molecule has 3 rings (SSSR count). The number of halogens is 1. The Morgan fingerprint density at radius 1 is 0.913 bits per heavy atom. The Balaban J connectivity index is 1.98. The van der Waals surface area contributed by atoms with E-state index in [1.807, 2.05) is 42.5 Å². The van der Waals surface area contributed by atoms with Crippen LogP contribution in [0.2, 0.25) is 0 Å². The second-order valence-corrected chi connectivity index (χ2v) is 7.02. The van der Waals surface area contributed by atoms with Crippen LogP contribution in [0.3, 0.4) is 0 Å². The van der Waals surface area contributed by atoms with Crippen molar-refractivity contribution in [2.75, 3.05) is 0 Å². The molecule has 0 fully saturated rings. The summed E-state index contributed by atoms with van der Waals surface area (Å²) in [5, 5.41) is 2.00. The van der Waals surface area contributed by atoms with Crippen LogP contribution < -0.4 is 4.72 Å². The van der Waals surface area contributed by atoms with Gasteiger partial charge in [-0.2, -0.15) is 0 Å². The number of fused-ring (bicyclic) bond motifs is 1. The summed E-state index contributed by atoms with van der Waals surface area (Å²) in [4.78, 5) is -0.341. The topological polar surface area (TPSA) is 46.2 Å². The van der Waals surface area contributed by atoms with Crippen molar-refractivity contribution in [2.45, 2.75) is 17.9 Å². The number of hydrogen-bond acceptors (Lipinski definition) is 2. The first-order valence-corrected chi connectivity index (χ1v) is 8.72. The van der Waals surface area contributed by atoms with Crippen molar-refractivity contribution in [1.82, 2.24) is 4.72 Å². The van der Waals surface area contributed by atoms with Crippen LogP contribution in [-0.4, -0.2) is 8.42 Å². The molecule has 23 heavy (non-hydrogen) atoms. The molecule has 3 nitrogen and oxygen atoms in total. The van der Waals surface area contributed by atoms with Gasteiger partial charge in [-0.05, 0) is 35.4 Å². The third-order valence-corrected chi connectivity index (χ3v) is 5.32. The van der Waals surface area contributed by atoms with Gasteiger partial charge in [0.15, 0.2) is 0 Å². The summed E-state index contributed by atoms with van der Waals surface area (Å²) in [6.45, 7) is 1.75. The molecule has 0 saturated heterocycles. The summed E-state index contributed by atoms with van der Waals surface area (Å²) in [7, 11) is -3.93. The van der Waals surface area contributed by atoms with E-state index in [0.717, 1.165) is 22.4 Å². The summed E-state index contributed by atoms with van der Waals surface area (Å²) >= 11 is 0. The summed E-state index contributed by atoms with van der Waals surface area (Å²) in [6, 6.07) is 18.3. The zero-order chi connectivity index (χ0) is 16.4. The predicted octanol–water partition coefficient (Wildman–Crippen LogP) is 4.02. The molecule has 0 radical (unpaired) electrons. The van der Waals surface area contributed by atoms with Crippen LogP contribution in [0.5, 0.6) is 0 Å². The second kappa shape index (κ2) is 6.10. The Kier molecular flexibility index (Phi) is 4.15. The van der Waals surface area contributed by atoms with Crippen molar-refractivity contribution in [3.05, 3.63) is 78.1 Å². The summed E-state index contributed by atoms with van der Waals surface area (Å²) < 4.78 is 41.2. The minimum absolute atomic E-state index is 0.341. The van der Waals surface area contributed by atoms with Gasteiger partial charge in [-0.25, -0.2) is 17.5 Å². The van der Waals surface area contributed by atoms with Crippen LogP contribution in [0.15, 0.2) is 71.6 Å². The number of sulfonamides is 1. The average molecular weight is 329 g/mol. The lowest BCUT2D eigenvalue weighted by molar-refractivity contribution is 0.547. The van der Waals surface area contributed by atoms with Crippen LogP contribution in [0, 0.1) is 5.82 Å². The van der Waals surface area contributed by atoms with Crippen LogP contribution in [0.25, 0.3) is 10.8 Å². The Labute approximate surface area is 134 Å². The van der Waals surface area contributed by atoms with Gasteiger partial charge in [-0.15, -0.1) is 0 Å². The monoisotopic (exact) mass is 329 g/mol. The summed E-state index contributed by atoms with van der Waals surface area (Å²) in [5.74, 6) is -0.759. The smallest absolute Gasteiger partial charge is 0.207 e. The van der Waals surface area contributed by atoms with Crippen molar-refractivity contribution in [2.24, 2.45) is 0 Å². The largest absolute Gasteiger partial charge is 0.244 e. The molecule has 1 N–H and O–H groups in total. The molecule has 0 spiro atoms. The van der Waals surface area contributed by atoms with Crippen LogP contribution in [-0.2, 0) is 10.0 Å². The van der Waals surface area contributed by atoms with Gasteiger partial charge in [-0.1, -0.05) is 54.6 Å². The van der Waals surface area contributed by atoms with E-state index in [2.05, 4.69) is 4.72 Å². The van der Waals surface area contributed by atoms with E-state index >= 15 is 0 Å². The third-order valence-electron chi connectivity index (χ3n) is 3.75. The van der Waals surface area contributed by atoms with Gasteiger partial charge < -0.3 is 0 Å². The number of benzene rings is 3. The fourth-order valence-electron chi connectivity index (χ4n) is 2.65. The molecule has 3 aromatic rings. The molecule has 118 valence electrons. The predicted molar refractivity (Wildman–Crippen MR) is 89.1 cm³/mol. The highest BCUT2D eigenvalue weighted by Gasteiger charge is 2.22. The lowest BCUT2D eigenvalue weighted by Gasteiger charge is -2.17. The van der Waals surface area contributed by atoms with Gasteiger partial charge in [0.1, 0.15) is 10.7 Å². The van der Waals surface area contributed by atoms with Crippen LogP contribution in [0.1, 0.15) is 18.5 Å². The standard InChI is InChI=1S/C18H16FNO2S/c1-13(15-10-6-8-14-7-2-3-9-16(14)15)20-23(21,22)18-12-5-4-11-17(18)19/h2-13,20H,1H3/t13-/m0/s1. The lowest BCUT2D eigenvalue weighted by atomic mass is 10.0. The molecular formula is C18H16FNO2S. The van der Waals surface area contributed by atoms with Gasteiger partial charge >= 0.3 is 0 Å². The SMILES string of the molecule is C[C@H](NS(=O)(=O)c1ccccc1F)c1cccc2ccccc12. The van der Waals surface area contributed by atoms with Crippen molar-refractivity contribution < 1.29 is 12.8 Å². The van der Waals surface area contributed by atoms with E-state index in [4.69, 9.17) is 0 Å². The number of rotatable bonds is 4. The van der Waals surface area contributed by atoms with Gasteiger partial charge in [0.25, 0.3) is 0 Å². The lowest BCUT2D eigenvalue weighted by Crippen LogP contribution is -2.27. The molecule has 5 heteroatoms. The zero-order valence-electron chi connectivity index (χ0n) is 12.5. The molecule has 0 amide bonds. The molecule has 0 unspecified atom stereocenters. The van der Waals surface area contributed by atoms with Gasteiger partial charge in [-0.3, -0.25) is 0 Å². The quantitative estimate of drug-likeness (QED) is 0.786. The van der Waals surface area contributed by atoms with Crippen LogP contribution >= 0.6 is 0 Å². The molecule has 0 bridgehead atoms. The van der Waals surface area contributed by atoms with Crippen molar-refractivity contribution >= 4 is 20.8 Å². The maximum absolute atomic E-state index is 13.8.